The minimum Gasteiger partial charge on any atom is -0.351 e. The van der Waals surface area contributed by atoms with Crippen molar-refractivity contribution in [3.8, 4) is 12.3 Å². The summed E-state index contributed by atoms with van der Waals surface area (Å²) in [5, 5.41) is 2.94. The molecule has 1 heterocycles. The molecule has 1 aromatic heterocycles. The van der Waals surface area contributed by atoms with E-state index in [4.69, 9.17) is 6.42 Å². The Morgan fingerprint density at radius 3 is 2.71 bits per heavy atom. The van der Waals surface area contributed by atoms with Gasteiger partial charge in [0.2, 0.25) is 0 Å². The van der Waals surface area contributed by atoms with Gasteiger partial charge in [-0.15, -0.1) is 12.3 Å². The lowest BCUT2D eigenvalue weighted by Crippen LogP contribution is -2.26. The summed E-state index contributed by atoms with van der Waals surface area (Å²) in [4.78, 5) is 12.2. The Labute approximate surface area is 126 Å². The monoisotopic (exact) mass is 280 g/mol. The van der Waals surface area contributed by atoms with E-state index in [0.717, 1.165) is 19.3 Å². The quantitative estimate of drug-likeness (QED) is 0.614. The fourth-order valence-electron chi connectivity index (χ4n) is 2.18. The molecule has 0 unspecified atom stereocenters. The predicted molar refractivity (Wildman–Crippen MR) is 85.0 cm³/mol. The van der Waals surface area contributed by atoms with Gasteiger partial charge in [-0.3, -0.25) is 4.79 Å². The lowest BCUT2D eigenvalue weighted by Gasteiger charge is -2.10. The van der Waals surface area contributed by atoms with Gasteiger partial charge in [0.15, 0.2) is 0 Å². The van der Waals surface area contributed by atoms with Crippen LogP contribution in [0.3, 0.4) is 0 Å². The van der Waals surface area contributed by atoms with Gasteiger partial charge in [-0.2, -0.15) is 0 Å². The molecule has 0 saturated heterocycles. The molecule has 1 N–H and O–H groups in total. The molecule has 21 heavy (non-hydrogen) atoms. The molecule has 2 aromatic rings. The first-order valence-electron chi connectivity index (χ1n) is 7.22. The molecular weight excluding hydrogens is 260 g/mol. The highest BCUT2D eigenvalue weighted by molar-refractivity contribution is 5.92. The van der Waals surface area contributed by atoms with Crippen molar-refractivity contribution in [1.29, 1.82) is 0 Å². The summed E-state index contributed by atoms with van der Waals surface area (Å²) in [6.45, 7) is 1.37. The summed E-state index contributed by atoms with van der Waals surface area (Å²) < 4.78 is 1.96. The van der Waals surface area contributed by atoms with Crippen LogP contribution < -0.4 is 5.32 Å². The van der Waals surface area contributed by atoms with E-state index in [9.17, 15) is 4.79 Å². The maximum absolute atomic E-state index is 12.2. The maximum atomic E-state index is 12.2. The lowest BCUT2D eigenvalue weighted by molar-refractivity contribution is 0.0944. The van der Waals surface area contributed by atoms with Crippen LogP contribution in [-0.4, -0.2) is 17.0 Å². The van der Waals surface area contributed by atoms with Crippen LogP contribution in [0.2, 0.25) is 0 Å². The molecule has 0 radical (unpaired) electrons. The SMILES string of the molecule is C#CCCCCNC(=O)c1cccn1Cc1ccccc1. The number of terminal acetylenes is 1. The topological polar surface area (TPSA) is 34.0 Å². The fourth-order valence-corrected chi connectivity index (χ4v) is 2.18. The normalized spacial score (nSPS) is 10.0. The van der Waals surface area contributed by atoms with Crippen LogP contribution in [0.1, 0.15) is 35.3 Å². The van der Waals surface area contributed by atoms with Crippen LogP contribution in [0, 0.1) is 12.3 Å². The molecule has 0 aliphatic rings. The van der Waals surface area contributed by atoms with Crippen LogP contribution in [0.5, 0.6) is 0 Å². The standard InChI is InChI=1S/C18H20N2O/c1-2-3-4-8-13-19-18(21)17-12-9-14-20(17)15-16-10-6-5-7-11-16/h1,5-7,9-12,14H,3-4,8,13,15H2,(H,19,21). The van der Waals surface area contributed by atoms with Gasteiger partial charge < -0.3 is 9.88 Å². The summed E-state index contributed by atoms with van der Waals surface area (Å²) in [5.74, 6) is 2.57. The van der Waals surface area contributed by atoms with E-state index in [1.165, 1.54) is 5.56 Å². The van der Waals surface area contributed by atoms with Gasteiger partial charge in [0.25, 0.3) is 5.91 Å². The number of hydrogen-bond donors (Lipinski definition) is 1. The Balaban J connectivity index is 1.90. The third kappa shape index (κ3) is 4.54. The second-order valence-electron chi connectivity index (χ2n) is 4.92. The second kappa shape index (κ2) is 7.96. The number of benzene rings is 1. The fraction of sp³-hybridized carbons (Fsp3) is 0.278. The minimum atomic E-state index is -0.0309. The van der Waals surface area contributed by atoms with Crippen molar-refractivity contribution >= 4 is 5.91 Å². The predicted octanol–water partition coefficient (Wildman–Crippen LogP) is 3.07. The summed E-state index contributed by atoms with van der Waals surface area (Å²) in [5.41, 5.74) is 1.87. The molecule has 0 bridgehead atoms. The Kier molecular flexibility index (Phi) is 5.66. The highest BCUT2D eigenvalue weighted by Gasteiger charge is 2.10. The van der Waals surface area contributed by atoms with Gasteiger partial charge in [-0.1, -0.05) is 30.3 Å². The number of aromatic nitrogens is 1. The molecule has 3 heteroatoms. The first-order chi connectivity index (χ1) is 10.3. The van der Waals surface area contributed by atoms with Crippen LogP contribution in [0.15, 0.2) is 48.7 Å². The van der Waals surface area contributed by atoms with Crippen LogP contribution in [-0.2, 0) is 6.54 Å². The summed E-state index contributed by atoms with van der Waals surface area (Å²) >= 11 is 0. The molecule has 0 spiro atoms. The number of carbonyl (C=O) groups is 1. The van der Waals surface area contributed by atoms with Crippen LogP contribution >= 0.6 is 0 Å². The van der Waals surface area contributed by atoms with Crippen molar-refractivity contribution in [2.75, 3.05) is 6.54 Å². The number of amides is 1. The van der Waals surface area contributed by atoms with Crippen molar-refractivity contribution < 1.29 is 4.79 Å². The Hall–Kier alpha value is -2.47. The summed E-state index contributed by atoms with van der Waals surface area (Å²) in [6.07, 6.45) is 9.75. The Morgan fingerprint density at radius 1 is 1.14 bits per heavy atom. The van der Waals surface area contributed by atoms with Gasteiger partial charge in [-0.25, -0.2) is 0 Å². The smallest absolute Gasteiger partial charge is 0.267 e. The maximum Gasteiger partial charge on any atom is 0.267 e. The second-order valence-corrected chi connectivity index (χ2v) is 4.92. The van der Waals surface area contributed by atoms with E-state index in [0.29, 0.717) is 18.8 Å². The van der Waals surface area contributed by atoms with Gasteiger partial charge in [0.1, 0.15) is 5.69 Å². The molecule has 0 fully saturated rings. The van der Waals surface area contributed by atoms with Crippen molar-refractivity contribution in [3.63, 3.8) is 0 Å². The first-order valence-corrected chi connectivity index (χ1v) is 7.22. The highest BCUT2D eigenvalue weighted by Crippen LogP contribution is 2.08. The van der Waals surface area contributed by atoms with E-state index in [1.54, 1.807) is 0 Å². The van der Waals surface area contributed by atoms with E-state index in [2.05, 4.69) is 23.4 Å². The Bertz CT molecular complexity index is 608. The largest absolute Gasteiger partial charge is 0.351 e. The number of unbranched alkanes of at least 4 members (excludes halogenated alkanes) is 2. The number of nitrogens with zero attached hydrogens (tertiary/aromatic N) is 1. The molecule has 0 atom stereocenters. The molecule has 3 nitrogen and oxygen atoms in total. The van der Waals surface area contributed by atoms with Gasteiger partial charge in [0.05, 0.1) is 0 Å². The molecule has 1 amide bonds. The molecule has 1 aromatic carbocycles. The summed E-state index contributed by atoms with van der Waals surface area (Å²) in [6, 6.07) is 13.9. The molecule has 0 saturated carbocycles. The number of hydrogen-bond acceptors (Lipinski definition) is 1. The third-order valence-electron chi connectivity index (χ3n) is 3.29. The van der Waals surface area contributed by atoms with E-state index >= 15 is 0 Å². The first kappa shape index (κ1) is 14.9. The Morgan fingerprint density at radius 2 is 1.95 bits per heavy atom. The zero-order valence-electron chi connectivity index (χ0n) is 12.1. The van der Waals surface area contributed by atoms with Gasteiger partial charge in [-0.05, 0) is 30.5 Å². The van der Waals surface area contributed by atoms with E-state index in [1.807, 2.05) is 41.1 Å². The average Bonchev–Trinajstić information content (AvgIpc) is 2.96. The van der Waals surface area contributed by atoms with Crippen molar-refractivity contribution in [1.82, 2.24) is 9.88 Å². The molecule has 108 valence electrons. The van der Waals surface area contributed by atoms with Crippen molar-refractivity contribution in [2.24, 2.45) is 0 Å². The molecular formula is C18H20N2O. The molecule has 2 rings (SSSR count). The zero-order chi connectivity index (χ0) is 14.9. The number of carbonyl (C=O) groups excluding carboxylic acids is 1. The minimum absolute atomic E-state index is 0.0309. The van der Waals surface area contributed by atoms with Gasteiger partial charge >= 0.3 is 0 Å². The number of rotatable bonds is 7. The zero-order valence-corrected chi connectivity index (χ0v) is 12.1. The van der Waals surface area contributed by atoms with Gasteiger partial charge in [0, 0.05) is 25.7 Å². The average molecular weight is 280 g/mol. The summed E-state index contributed by atoms with van der Waals surface area (Å²) in [7, 11) is 0. The molecule has 0 aliphatic heterocycles. The van der Waals surface area contributed by atoms with E-state index < -0.39 is 0 Å². The highest BCUT2D eigenvalue weighted by atomic mass is 16.1. The third-order valence-corrected chi connectivity index (χ3v) is 3.29. The lowest BCUT2D eigenvalue weighted by atomic mass is 10.2. The number of nitrogens with one attached hydrogen (secondary N) is 1. The van der Waals surface area contributed by atoms with Crippen LogP contribution in [0.25, 0.3) is 0 Å². The van der Waals surface area contributed by atoms with E-state index in [-0.39, 0.29) is 5.91 Å². The van der Waals surface area contributed by atoms with Crippen molar-refractivity contribution in [3.05, 3.63) is 59.9 Å². The van der Waals surface area contributed by atoms with Crippen molar-refractivity contribution in [2.45, 2.75) is 25.8 Å². The molecule has 0 aliphatic carbocycles. The van der Waals surface area contributed by atoms with Crippen LogP contribution in [0.4, 0.5) is 0 Å².